The second-order valence-corrected chi connectivity index (χ2v) is 6.90. The van der Waals surface area contributed by atoms with Crippen molar-refractivity contribution >= 4 is 23.1 Å². The van der Waals surface area contributed by atoms with Gasteiger partial charge in [0, 0.05) is 17.3 Å². The van der Waals surface area contributed by atoms with Crippen molar-refractivity contribution in [3.8, 4) is 5.75 Å². The second-order valence-electron chi connectivity index (χ2n) is 6.90. The molecule has 1 amide bonds. The summed E-state index contributed by atoms with van der Waals surface area (Å²) in [6.07, 6.45) is 2.32. The van der Waals surface area contributed by atoms with Crippen molar-refractivity contribution in [1.82, 2.24) is 0 Å². The summed E-state index contributed by atoms with van der Waals surface area (Å²) in [4.78, 5) is 27.4. The Balaban J connectivity index is 1.85. The lowest BCUT2D eigenvalue weighted by atomic mass is 9.99. The van der Waals surface area contributed by atoms with Gasteiger partial charge in [-0.05, 0) is 30.7 Å². The van der Waals surface area contributed by atoms with Gasteiger partial charge in [-0.15, -0.1) is 0 Å². The molecule has 152 valence electrons. The van der Waals surface area contributed by atoms with Crippen molar-refractivity contribution < 1.29 is 23.8 Å². The minimum atomic E-state index is -0.887. The summed E-state index contributed by atoms with van der Waals surface area (Å²) in [5.74, 6) is -0.764. The van der Waals surface area contributed by atoms with Crippen LogP contribution in [-0.2, 0) is 9.59 Å². The zero-order valence-electron chi connectivity index (χ0n) is 16.4. The average molecular weight is 403 g/mol. The normalized spacial score (nSPS) is 18.0. The van der Waals surface area contributed by atoms with Gasteiger partial charge in [-0.25, -0.2) is 0 Å². The van der Waals surface area contributed by atoms with Crippen molar-refractivity contribution in [2.24, 2.45) is 0 Å². The predicted molar refractivity (Wildman–Crippen MR) is 112 cm³/mol. The average Bonchev–Trinajstić information content (AvgIpc) is 3.40. The first-order valence-corrected chi connectivity index (χ1v) is 9.74. The molecule has 0 aliphatic carbocycles. The molecular weight excluding hydrogens is 382 g/mol. The van der Waals surface area contributed by atoms with Gasteiger partial charge in [0.15, 0.2) is 0 Å². The van der Waals surface area contributed by atoms with Crippen LogP contribution in [-0.4, -0.2) is 23.4 Å². The number of amides is 1. The van der Waals surface area contributed by atoms with E-state index in [1.807, 2.05) is 6.92 Å². The molecule has 0 radical (unpaired) electrons. The topological polar surface area (TPSA) is 80.0 Å². The maximum Gasteiger partial charge on any atom is 0.300 e. The van der Waals surface area contributed by atoms with E-state index in [9.17, 15) is 14.7 Å². The Bertz CT molecular complexity index is 1090. The quantitative estimate of drug-likeness (QED) is 0.367. The molecule has 1 aromatic heterocycles. The van der Waals surface area contributed by atoms with E-state index in [1.54, 1.807) is 66.7 Å². The molecule has 1 aliphatic rings. The Hall–Kier alpha value is -3.80. The fourth-order valence-electron chi connectivity index (χ4n) is 3.51. The second kappa shape index (κ2) is 8.29. The van der Waals surface area contributed by atoms with E-state index in [0.29, 0.717) is 29.4 Å². The van der Waals surface area contributed by atoms with Crippen molar-refractivity contribution in [1.29, 1.82) is 0 Å². The number of aliphatic hydroxyl groups is 1. The van der Waals surface area contributed by atoms with Gasteiger partial charge in [-0.3, -0.25) is 14.5 Å². The van der Waals surface area contributed by atoms with Crippen LogP contribution < -0.4 is 9.64 Å². The zero-order chi connectivity index (χ0) is 21.1. The van der Waals surface area contributed by atoms with E-state index >= 15 is 0 Å². The van der Waals surface area contributed by atoms with Crippen molar-refractivity contribution in [3.05, 3.63) is 89.9 Å². The Labute approximate surface area is 174 Å². The highest BCUT2D eigenvalue weighted by Gasteiger charge is 2.48. The van der Waals surface area contributed by atoms with Gasteiger partial charge in [-0.2, -0.15) is 0 Å². The summed E-state index contributed by atoms with van der Waals surface area (Å²) in [6, 6.07) is 18.1. The minimum Gasteiger partial charge on any atom is -0.507 e. The number of carbonyl (C=O) groups is 2. The molecule has 1 unspecified atom stereocenters. The number of Topliss-reactive ketones (excluding diaryl/α,β-unsaturated/α-hetero) is 1. The van der Waals surface area contributed by atoms with Crippen LogP contribution in [0.1, 0.15) is 30.7 Å². The number of hydrogen-bond donors (Lipinski definition) is 1. The maximum absolute atomic E-state index is 13.0. The predicted octanol–water partition coefficient (Wildman–Crippen LogP) is 4.69. The molecule has 1 aliphatic heterocycles. The molecule has 1 N–H and O–H groups in total. The van der Waals surface area contributed by atoms with Gasteiger partial charge in [0.25, 0.3) is 11.7 Å². The molecule has 4 rings (SSSR count). The van der Waals surface area contributed by atoms with E-state index in [1.165, 1.54) is 11.2 Å². The number of anilines is 1. The first-order valence-electron chi connectivity index (χ1n) is 9.74. The van der Waals surface area contributed by atoms with Gasteiger partial charge in [-0.1, -0.05) is 43.3 Å². The molecule has 0 bridgehead atoms. The van der Waals surface area contributed by atoms with Gasteiger partial charge in [0.2, 0.25) is 0 Å². The molecule has 2 aromatic carbocycles. The molecule has 0 saturated carbocycles. The van der Waals surface area contributed by atoms with Crippen LogP contribution in [0.4, 0.5) is 5.69 Å². The number of rotatable bonds is 6. The summed E-state index contributed by atoms with van der Waals surface area (Å²) >= 11 is 0. The number of ketones is 1. The molecule has 1 atom stereocenters. The summed E-state index contributed by atoms with van der Waals surface area (Å²) < 4.78 is 11.2. The minimum absolute atomic E-state index is 0.0129. The lowest BCUT2D eigenvalue weighted by Crippen LogP contribution is -2.29. The SMILES string of the molecule is CCCOc1cccc(N2C(=O)C(=O)/C(=C(\O)c3ccccc3)C2c2ccco2)c1. The highest BCUT2D eigenvalue weighted by atomic mass is 16.5. The third-order valence-electron chi connectivity index (χ3n) is 4.87. The Kier molecular flexibility index (Phi) is 5.39. The largest absolute Gasteiger partial charge is 0.507 e. The molecule has 1 saturated heterocycles. The fourth-order valence-corrected chi connectivity index (χ4v) is 3.51. The Morgan fingerprint density at radius 3 is 2.57 bits per heavy atom. The number of nitrogens with zero attached hydrogens (tertiary/aromatic N) is 1. The molecular formula is C24H21NO5. The highest BCUT2D eigenvalue weighted by molar-refractivity contribution is 6.51. The van der Waals surface area contributed by atoms with Crippen LogP contribution in [0.5, 0.6) is 5.75 Å². The monoisotopic (exact) mass is 403 g/mol. The standard InChI is InChI=1S/C24H21NO5/c1-2-13-29-18-11-6-10-17(15-18)25-21(19-12-7-14-30-19)20(23(27)24(25)28)22(26)16-8-4-3-5-9-16/h3-12,14-15,21,26H,2,13H2,1H3/b22-20-. The lowest BCUT2D eigenvalue weighted by molar-refractivity contribution is -0.132. The molecule has 1 fully saturated rings. The van der Waals surface area contributed by atoms with Crippen molar-refractivity contribution in [3.63, 3.8) is 0 Å². The summed E-state index contributed by atoms with van der Waals surface area (Å²) in [5, 5.41) is 10.9. The van der Waals surface area contributed by atoms with Crippen molar-refractivity contribution in [2.45, 2.75) is 19.4 Å². The van der Waals surface area contributed by atoms with Crippen LogP contribution >= 0.6 is 0 Å². The lowest BCUT2D eigenvalue weighted by Gasteiger charge is -2.23. The number of ether oxygens (including phenoxy) is 1. The highest BCUT2D eigenvalue weighted by Crippen LogP contribution is 2.42. The van der Waals surface area contributed by atoms with E-state index in [0.717, 1.165) is 6.42 Å². The number of furan rings is 1. The van der Waals surface area contributed by atoms with E-state index in [-0.39, 0.29) is 11.3 Å². The molecule has 6 heteroatoms. The van der Waals surface area contributed by atoms with Crippen LogP contribution in [0.15, 0.2) is 83.0 Å². The van der Waals surface area contributed by atoms with Gasteiger partial charge in [0.1, 0.15) is 23.3 Å². The van der Waals surface area contributed by atoms with Crippen LogP contribution in [0.3, 0.4) is 0 Å². The Morgan fingerprint density at radius 1 is 1.07 bits per heavy atom. The smallest absolute Gasteiger partial charge is 0.300 e. The first-order chi connectivity index (χ1) is 14.6. The number of aliphatic hydroxyl groups excluding tert-OH is 1. The van der Waals surface area contributed by atoms with Crippen LogP contribution in [0.2, 0.25) is 0 Å². The van der Waals surface area contributed by atoms with Gasteiger partial charge < -0.3 is 14.3 Å². The third kappa shape index (κ3) is 3.48. The van der Waals surface area contributed by atoms with Gasteiger partial charge >= 0.3 is 0 Å². The molecule has 2 heterocycles. The summed E-state index contributed by atoms with van der Waals surface area (Å²) in [5.41, 5.74) is 0.923. The van der Waals surface area contributed by atoms with Crippen LogP contribution in [0, 0.1) is 0 Å². The zero-order valence-corrected chi connectivity index (χ0v) is 16.4. The summed E-state index contributed by atoms with van der Waals surface area (Å²) in [7, 11) is 0. The third-order valence-corrected chi connectivity index (χ3v) is 4.87. The van der Waals surface area contributed by atoms with Gasteiger partial charge in [0.05, 0.1) is 18.4 Å². The van der Waals surface area contributed by atoms with E-state index in [4.69, 9.17) is 9.15 Å². The number of benzene rings is 2. The number of carbonyl (C=O) groups excluding carboxylic acids is 2. The van der Waals surface area contributed by atoms with Crippen molar-refractivity contribution in [2.75, 3.05) is 11.5 Å². The molecule has 6 nitrogen and oxygen atoms in total. The van der Waals surface area contributed by atoms with Crippen LogP contribution in [0.25, 0.3) is 5.76 Å². The first kappa shape index (κ1) is 19.5. The summed E-state index contributed by atoms with van der Waals surface area (Å²) in [6.45, 7) is 2.54. The molecule has 3 aromatic rings. The van der Waals surface area contributed by atoms with E-state index in [2.05, 4.69) is 0 Å². The molecule has 30 heavy (non-hydrogen) atoms. The molecule has 0 spiro atoms. The Morgan fingerprint density at radius 2 is 1.87 bits per heavy atom. The fraction of sp³-hybridized carbons (Fsp3) is 0.167. The van der Waals surface area contributed by atoms with E-state index < -0.39 is 17.7 Å². The maximum atomic E-state index is 13.0. The number of hydrogen-bond acceptors (Lipinski definition) is 5.